The molecule has 0 spiro atoms. The van der Waals surface area contributed by atoms with Gasteiger partial charge in [0.05, 0.1) is 13.2 Å². The number of ether oxygens (including phenoxy) is 2. The number of esters is 2. The van der Waals surface area contributed by atoms with Gasteiger partial charge < -0.3 is 20.1 Å². The van der Waals surface area contributed by atoms with Gasteiger partial charge in [-0.25, -0.2) is 4.57 Å². The lowest BCUT2D eigenvalue weighted by Crippen LogP contribution is -2.29. The highest BCUT2D eigenvalue weighted by molar-refractivity contribution is 7.47. The Bertz CT molecular complexity index is 1160. The van der Waals surface area contributed by atoms with Gasteiger partial charge in [-0.15, -0.1) is 0 Å². The van der Waals surface area contributed by atoms with Crippen LogP contribution in [0.25, 0.3) is 0 Å². The fourth-order valence-corrected chi connectivity index (χ4v) is 6.49. The fraction of sp³-hybridized carbons (Fsp3) is 0.702. The third kappa shape index (κ3) is 42.9. The van der Waals surface area contributed by atoms with Crippen molar-refractivity contribution >= 4 is 19.8 Å². The number of nitrogens with two attached hydrogens (primary N) is 1. The van der Waals surface area contributed by atoms with E-state index in [4.69, 9.17) is 24.3 Å². The van der Waals surface area contributed by atoms with Gasteiger partial charge in [-0.3, -0.25) is 18.6 Å². The summed E-state index contributed by atoms with van der Waals surface area (Å²) in [6.45, 7) is 3.60. The van der Waals surface area contributed by atoms with E-state index in [9.17, 15) is 19.0 Å². The molecule has 0 heterocycles. The van der Waals surface area contributed by atoms with Gasteiger partial charge in [-0.1, -0.05) is 164 Å². The Hall–Kier alpha value is -2.55. The van der Waals surface area contributed by atoms with Crippen LogP contribution in [0.2, 0.25) is 0 Å². The lowest BCUT2D eigenvalue weighted by atomic mass is 10.1. The number of allylic oxidation sites excluding steroid dienone is 12. The Labute approximate surface area is 348 Å². The third-order valence-corrected chi connectivity index (χ3v) is 10.1. The highest BCUT2D eigenvalue weighted by atomic mass is 31.2. The highest BCUT2D eigenvalue weighted by Crippen LogP contribution is 2.43. The summed E-state index contributed by atoms with van der Waals surface area (Å²) in [6.07, 6.45) is 52.3. The molecule has 0 aromatic carbocycles. The van der Waals surface area contributed by atoms with Crippen LogP contribution in [0.4, 0.5) is 0 Å². The standard InChI is InChI=1S/C47H82NO8P/c1-3-5-7-9-11-13-15-17-19-21-22-24-26-28-30-32-34-36-38-40-47(50)56-45(44-55-57(51,52)54-42-41-48)43-53-46(49)39-37-35-33-31-29-27-25-23-20-18-16-14-12-10-8-6-4-2/h11,13,17-20,22,24,28,30,34,36,45H,3-10,12,14-16,21,23,25-27,29,31-33,35,37-44,48H2,1-2H3,(H,51,52). The number of unbranched alkanes of at least 4 members (excludes halogenated alkanes) is 16. The van der Waals surface area contributed by atoms with E-state index < -0.39 is 32.5 Å². The molecule has 0 rings (SSSR count). The zero-order valence-electron chi connectivity index (χ0n) is 36.0. The minimum atomic E-state index is -4.40. The van der Waals surface area contributed by atoms with E-state index >= 15 is 0 Å². The molecule has 9 nitrogen and oxygen atoms in total. The van der Waals surface area contributed by atoms with E-state index in [-0.39, 0.29) is 32.6 Å². The van der Waals surface area contributed by atoms with E-state index in [2.05, 4.69) is 74.6 Å². The number of rotatable bonds is 41. The zero-order valence-corrected chi connectivity index (χ0v) is 36.9. The first-order chi connectivity index (χ1) is 27.8. The van der Waals surface area contributed by atoms with Gasteiger partial charge in [0.15, 0.2) is 6.10 Å². The lowest BCUT2D eigenvalue weighted by molar-refractivity contribution is -0.161. The van der Waals surface area contributed by atoms with Gasteiger partial charge in [0.25, 0.3) is 0 Å². The molecule has 0 fully saturated rings. The van der Waals surface area contributed by atoms with Crippen LogP contribution >= 0.6 is 7.82 Å². The van der Waals surface area contributed by atoms with E-state index in [0.29, 0.717) is 12.8 Å². The molecule has 328 valence electrons. The number of hydrogen-bond acceptors (Lipinski definition) is 8. The van der Waals surface area contributed by atoms with E-state index in [1.807, 2.05) is 12.2 Å². The third-order valence-electron chi connectivity index (χ3n) is 9.08. The molecule has 2 unspecified atom stereocenters. The molecule has 0 radical (unpaired) electrons. The molecule has 0 aliphatic rings. The minimum Gasteiger partial charge on any atom is -0.462 e. The van der Waals surface area contributed by atoms with Crippen molar-refractivity contribution in [2.24, 2.45) is 5.73 Å². The molecule has 57 heavy (non-hydrogen) atoms. The van der Waals surface area contributed by atoms with Crippen LogP contribution in [0.15, 0.2) is 72.9 Å². The first kappa shape index (κ1) is 54.5. The summed E-state index contributed by atoms with van der Waals surface area (Å²) in [4.78, 5) is 34.9. The van der Waals surface area contributed by atoms with Crippen molar-refractivity contribution in [1.29, 1.82) is 0 Å². The number of carbonyl (C=O) groups is 2. The Balaban J connectivity index is 4.28. The molecular formula is C47H82NO8P. The zero-order chi connectivity index (χ0) is 41.8. The molecule has 2 atom stereocenters. The number of hydrogen-bond donors (Lipinski definition) is 2. The molecule has 0 amide bonds. The number of phosphoric acid groups is 1. The summed E-state index contributed by atoms with van der Waals surface area (Å²) in [5.74, 6) is -0.933. The summed E-state index contributed by atoms with van der Waals surface area (Å²) < 4.78 is 32.7. The smallest absolute Gasteiger partial charge is 0.462 e. The predicted octanol–water partition coefficient (Wildman–Crippen LogP) is 13.1. The van der Waals surface area contributed by atoms with Crippen molar-refractivity contribution < 1.29 is 37.6 Å². The quantitative estimate of drug-likeness (QED) is 0.0267. The van der Waals surface area contributed by atoms with E-state index in [0.717, 1.165) is 51.4 Å². The Morgan fingerprint density at radius 3 is 1.47 bits per heavy atom. The van der Waals surface area contributed by atoms with Crippen LogP contribution in [0.1, 0.15) is 181 Å². The largest absolute Gasteiger partial charge is 0.472 e. The molecule has 0 aliphatic carbocycles. The first-order valence-corrected chi connectivity index (χ1v) is 23.9. The second-order valence-electron chi connectivity index (χ2n) is 14.6. The summed E-state index contributed by atoms with van der Waals surface area (Å²) >= 11 is 0. The fourth-order valence-electron chi connectivity index (χ4n) is 5.73. The van der Waals surface area contributed by atoms with Crippen molar-refractivity contribution in [3.63, 3.8) is 0 Å². The van der Waals surface area contributed by atoms with Crippen LogP contribution in [-0.2, 0) is 32.7 Å². The number of carbonyl (C=O) groups excluding carboxylic acids is 2. The number of phosphoric ester groups is 1. The maximum atomic E-state index is 12.6. The second-order valence-corrected chi connectivity index (χ2v) is 16.0. The summed E-state index contributed by atoms with van der Waals surface area (Å²) in [6, 6.07) is 0. The van der Waals surface area contributed by atoms with Crippen LogP contribution < -0.4 is 5.73 Å². The molecule has 0 aliphatic heterocycles. The summed E-state index contributed by atoms with van der Waals surface area (Å²) in [7, 11) is -4.40. The first-order valence-electron chi connectivity index (χ1n) is 22.4. The second kappa shape index (κ2) is 43.0. The van der Waals surface area contributed by atoms with Gasteiger partial charge in [-0.2, -0.15) is 0 Å². The SMILES string of the molecule is CCCCCC=CCC=CCC=CCC=CCC=CCCC(=O)OC(COC(=O)CCCCCCCCCC=CCCCCCCCC)COP(=O)(O)OCCN. The molecule has 0 aromatic heterocycles. The lowest BCUT2D eigenvalue weighted by Gasteiger charge is -2.19. The highest BCUT2D eigenvalue weighted by Gasteiger charge is 2.25. The van der Waals surface area contributed by atoms with E-state index in [1.54, 1.807) is 0 Å². The Morgan fingerprint density at radius 1 is 0.526 bits per heavy atom. The topological polar surface area (TPSA) is 134 Å². The van der Waals surface area contributed by atoms with Crippen molar-refractivity contribution in [2.45, 2.75) is 187 Å². The van der Waals surface area contributed by atoms with Crippen molar-refractivity contribution in [2.75, 3.05) is 26.4 Å². The molecular weight excluding hydrogens is 737 g/mol. The summed E-state index contributed by atoms with van der Waals surface area (Å²) in [5.41, 5.74) is 5.34. The predicted molar refractivity (Wildman–Crippen MR) is 238 cm³/mol. The summed E-state index contributed by atoms with van der Waals surface area (Å²) in [5, 5.41) is 0. The van der Waals surface area contributed by atoms with Crippen molar-refractivity contribution in [3.8, 4) is 0 Å². The van der Waals surface area contributed by atoms with Crippen molar-refractivity contribution in [3.05, 3.63) is 72.9 Å². The monoisotopic (exact) mass is 820 g/mol. The van der Waals surface area contributed by atoms with Gasteiger partial charge in [0, 0.05) is 19.4 Å². The molecule has 3 N–H and O–H groups in total. The van der Waals surface area contributed by atoms with Crippen molar-refractivity contribution in [1.82, 2.24) is 0 Å². The normalized spacial score (nSPS) is 14.0. The molecule has 0 saturated carbocycles. The van der Waals surface area contributed by atoms with E-state index in [1.165, 1.54) is 89.9 Å². The minimum absolute atomic E-state index is 0.0386. The van der Waals surface area contributed by atoms with Crippen LogP contribution in [0, 0.1) is 0 Å². The van der Waals surface area contributed by atoms with Gasteiger partial charge in [0.1, 0.15) is 6.61 Å². The van der Waals surface area contributed by atoms with Crippen LogP contribution in [0.3, 0.4) is 0 Å². The van der Waals surface area contributed by atoms with Gasteiger partial charge >= 0.3 is 19.8 Å². The Kier molecular flexibility index (Phi) is 41.1. The molecule has 0 bridgehead atoms. The Morgan fingerprint density at radius 2 is 0.947 bits per heavy atom. The maximum Gasteiger partial charge on any atom is 0.472 e. The van der Waals surface area contributed by atoms with Crippen LogP contribution in [0.5, 0.6) is 0 Å². The molecule has 10 heteroatoms. The average Bonchev–Trinajstić information content (AvgIpc) is 3.20. The maximum absolute atomic E-state index is 12.6. The van der Waals surface area contributed by atoms with Crippen LogP contribution in [-0.4, -0.2) is 49.3 Å². The molecule has 0 saturated heterocycles. The van der Waals surface area contributed by atoms with Gasteiger partial charge in [0.2, 0.25) is 0 Å². The average molecular weight is 820 g/mol. The van der Waals surface area contributed by atoms with Gasteiger partial charge in [-0.05, 0) is 77.0 Å². The molecule has 0 aromatic rings.